The van der Waals surface area contributed by atoms with Crippen molar-refractivity contribution in [3.63, 3.8) is 0 Å². The molecule has 0 amide bonds. The first kappa shape index (κ1) is 13.7. The fourth-order valence-corrected chi connectivity index (χ4v) is 1.61. The maximum absolute atomic E-state index is 11.3. The van der Waals surface area contributed by atoms with Crippen LogP contribution >= 0.6 is 0 Å². The molecule has 0 bridgehead atoms. The van der Waals surface area contributed by atoms with Crippen molar-refractivity contribution in [2.24, 2.45) is 0 Å². The van der Waals surface area contributed by atoms with Crippen LogP contribution in [0.5, 0.6) is 0 Å². The van der Waals surface area contributed by atoms with Crippen molar-refractivity contribution < 1.29 is 42.2 Å². The molecule has 0 spiro atoms. The third-order valence-electron chi connectivity index (χ3n) is 1.50. The molecule has 0 saturated carbocycles. The van der Waals surface area contributed by atoms with Gasteiger partial charge in [-0.15, -0.1) is 0 Å². The minimum Gasteiger partial charge on any atom is -0.388 e. The molecule has 0 aromatic heterocycles. The number of rotatable bonds is 3. The van der Waals surface area contributed by atoms with Crippen LogP contribution in [0, 0.1) is 6.92 Å². The van der Waals surface area contributed by atoms with E-state index in [1.54, 1.807) is 12.1 Å². The molecule has 70 valence electrons. The zero-order chi connectivity index (χ0) is 9.90. The molecular weight excluding hydrogens is 211 g/mol. The molecule has 14 heavy (non-hydrogen) atoms. The Balaban J connectivity index is 0.00000169. The Bertz CT molecular complexity index is 395. The number of benzene rings is 1. The zero-order valence-corrected chi connectivity index (χ0v) is 11.0. The van der Waals surface area contributed by atoms with Gasteiger partial charge in [-0.1, -0.05) is 24.3 Å². The second-order valence-electron chi connectivity index (χ2n) is 2.53. The summed E-state index contributed by atoms with van der Waals surface area (Å²) in [5.74, 6) is 0. The Labute approximate surface area is 106 Å². The van der Waals surface area contributed by atoms with Crippen molar-refractivity contribution >= 4 is 10.1 Å². The molecule has 0 aliphatic rings. The van der Waals surface area contributed by atoms with Gasteiger partial charge in [0.15, 0.2) is 0 Å². The summed E-state index contributed by atoms with van der Waals surface area (Å²) in [6, 6.07) is 6.40. The van der Waals surface area contributed by atoms with Crippen LogP contribution in [0.15, 0.2) is 42.0 Å². The summed E-state index contributed by atoms with van der Waals surface area (Å²) in [6.07, 6.45) is 0.898. The average molecular weight is 221 g/mol. The van der Waals surface area contributed by atoms with Gasteiger partial charge in [0.25, 0.3) is 0 Å². The van der Waals surface area contributed by atoms with Gasteiger partial charge in [0.05, 0.1) is 6.26 Å². The predicted molar refractivity (Wildman–Crippen MR) is 49.6 cm³/mol. The average Bonchev–Trinajstić information content (AvgIpc) is 2.05. The van der Waals surface area contributed by atoms with E-state index in [9.17, 15) is 8.42 Å². The zero-order valence-electron chi connectivity index (χ0n) is 8.23. The molecule has 5 heteroatoms. The summed E-state index contributed by atoms with van der Waals surface area (Å²) in [5.41, 5.74) is 0.998. The Morgan fingerprint density at radius 3 is 2.21 bits per heavy atom. The van der Waals surface area contributed by atoms with Gasteiger partial charge in [0, 0.05) is 0 Å². The van der Waals surface area contributed by atoms with E-state index in [2.05, 4.69) is 10.8 Å². The largest absolute Gasteiger partial charge is 1.00 e. The molecular formula is C9H10NaO3S+. The van der Waals surface area contributed by atoms with Gasteiger partial charge in [0.2, 0.25) is 0 Å². The molecule has 1 aromatic rings. The SMILES string of the molecule is C=COS(=O)(=O)c1ccc(C)cc1.[Na+]. The maximum atomic E-state index is 11.3. The number of hydrogen-bond acceptors (Lipinski definition) is 3. The van der Waals surface area contributed by atoms with E-state index < -0.39 is 10.1 Å². The van der Waals surface area contributed by atoms with E-state index in [1.165, 1.54) is 12.1 Å². The van der Waals surface area contributed by atoms with Gasteiger partial charge in [-0.05, 0) is 19.1 Å². The van der Waals surface area contributed by atoms with Crippen LogP contribution in [0.3, 0.4) is 0 Å². The van der Waals surface area contributed by atoms with E-state index in [4.69, 9.17) is 0 Å². The third kappa shape index (κ3) is 3.46. The van der Waals surface area contributed by atoms with Crippen molar-refractivity contribution in [1.29, 1.82) is 0 Å². The number of aryl methyl sites for hydroxylation is 1. The molecule has 0 heterocycles. The van der Waals surface area contributed by atoms with Crippen molar-refractivity contribution in [3.8, 4) is 0 Å². The Kier molecular flexibility index (Phi) is 5.44. The van der Waals surface area contributed by atoms with Crippen molar-refractivity contribution in [1.82, 2.24) is 0 Å². The molecule has 0 N–H and O–H groups in total. The van der Waals surface area contributed by atoms with Gasteiger partial charge in [0.1, 0.15) is 4.90 Å². The Hall–Kier alpha value is -0.290. The van der Waals surface area contributed by atoms with E-state index in [1.807, 2.05) is 6.92 Å². The first-order valence-electron chi connectivity index (χ1n) is 3.67. The summed E-state index contributed by atoms with van der Waals surface area (Å²) in [4.78, 5) is 0.137. The van der Waals surface area contributed by atoms with Gasteiger partial charge in [-0.3, -0.25) is 0 Å². The van der Waals surface area contributed by atoms with Gasteiger partial charge in [-0.25, -0.2) is 0 Å². The van der Waals surface area contributed by atoms with Gasteiger partial charge in [-0.2, -0.15) is 8.42 Å². The molecule has 1 aromatic carbocycles. The maximum Gasteiger partial charge on any atom is 1.00 e. The van der Waals surface area contributed by atoms with Crippen LogP contribution in [0.1, 0.15) is 5.56 Å². The molecule has 3 nitrogen and oxygen atoms in total. The quantitative estimate of drug-likeness (QED) is 0.368. The van der Waals surface area contributed by atoms with E-state index in [0.717, 1.165) is 11.8 Å². The first-order valence-corrected chi connectivity index (χ1v) is 5.08. The van der Waals surface area contributed by atoms with E-state index in [-0.39, 0.29) is 34.5 Å². The van der Waals surface area contributed by atoms with Crippen LogP contribution in [-0.2, 0) is 14.3 Å². The van der Waals surface area contributed by atoms with Crippen LogP contribution in [-0.4, -0.2) is 8.42 Å². The topological polar surface area (TPSA) is 43.4 Å². The molecule has 0 aliphatic carbocycles. The smallest absolute Gasteiger partial charge is 0.388 e. The van der Waals surface area contributed by atoms with Crippen molar-refractivity contribution in [2.45, 2.75) is 11.8 Å². The molecule has 0 fully saturated rings. The molecule has 0 unspecified atom stereocenters. The van der Waals surface area contributed by atoms with Crippen LogP contribution in [0.4, 0.5) is 0 Å². The molecule has 0 radical (unpaired) electrons. The molecule has 1 rings (SSSR count). The first-order chi connectivity index (χ1) is 6.06. The summed E-state index contributed by atoms with van der Waals surface area (Å²) in [7, 11) is -3.65. The van der Waals surface area contributed by atoms with Crippen LogP contribution in [0.2, 0.25) is 0 Å². The fraction of sp³-hybridized carbons (Fsp3) is 0.111. The Morgan fingerprint density at radius 1 is 1.29 bits per heavy atom. The second kappa shape index (κ2) is 5.56. The van der Waals surface area contributed by atoms with Crippen molar-refractivity contribution in [3.05, 3.63) is 42.7 Å². The van der Waals surface area contributed by atoms with Crippen LogP contribution < -0.4 is 29.6 Å². The van der Waals surface area contributed by atoms with Crippen LogP contribution in [0.25, 0.3) is 0 Å². The minimum absolute atomic E-state index is 0. The second-order valence-corrected chi connectivity index (χ2v) is 4.10. The minimum atomic E-state index is -3.65. The van der Waals surface area contributed by atoms with Crippen molar-refractivity contribution in [2.75, 3.05) is 0 Å². The normalized spacial score (nSPS) is 10.1. The summed E-state index contributed by atoms with van der Waals surface area (Å²) in [5, 5.41) is 0. The summed E-state index contributed by atoms with van der Waals surface area (Å²) < 4.78 is 26.9. The third-order valence-corrected chi connectivity index (χ3v) is 2.74. The molecule has 0 aliphatic heterocycles. The van der Waals surface area contributed by atoms with E-state index in [0.29, 0.717) is 0 Å². The summed E-state index contributed by atoms with van der Waals surface area (Å²) >= 11 is 0. The monoisotopic (exact) mass is 221 g/mol. The van der Waals surface area contributed by atoms with E-state index >= 15 is 0 Å². The summed E-state index contributed by atoms with van der Waals surface area (Å²) in [6.45, 7) is 5.07. The molecule has 0 saturated heterocycles. The predicted octanol–water partition coefficient (Wildman–Crippen LogP) is -1.15. The fourth-order valence-electron chi connectivity index (χ4n) is 0.850. The standard InChI is InChI=1S/C9H10O3S.Na/c1-3-12-13(10,11)9-6-4-8(2)5-7-9;/h3-7H,1H2,2H3;/q;+1. The molecule has 0 atom stereocenters. The van der Waals surface area contributed by atoms with Gasteiger partial charge >= 0.3 is 39.7 Å². The van der Waals surface area contributed by atoms with Gasteiger partial charge < -0.3 is 4.18 Å². The number of hydrogen-bond donors (Lipinski definition) is 0. The Morgan fingerprint density at radius 2 is 1.79 bits per heavy atom.